The summed E-state index contributed by atoms with van der Waals surface area (Å²) in [5.74, 6) is -0.102. The van der Waals surface area contributed by atoms with Crippen LogP contribution in [-0.4, -0.2) is 35.2 Å². The van der Waals surface area contributed by atoms with Gasteiger partial charge in [0.05, 0.1) is 17.4 Å². The van der Waals surface area contributed by atoms with Gasteiger partial charge in [0.1, 0.15) is 4.90 Å². The van der Waals surface area contributed by atoms with Gasteiger partial charge in [-0.2, -0.15) is 9.82 Å². The zero-order valence-corrected chi connectivity index (χ0v) is 11.4. The van der Waals surface area contributed by atoms with E-state index in [1.165, 1.54) is 6.20 Å². The van der Waals surface area contributed by atoms with Gasteiger partial charge in [-0.25, -0.2) is 8.42 Å². The van der Waals surface area contributed by atoms with Crippen LogP contribution in [0.25, 0.3) is 0 Å². The molecule has 8 nitrogen and oxygen atoms in total. The first-order chi connectivity index (χ1) is 8.91. The number of sulfonamides is 1. The second kappa shape index (κ2) is 4.82. The Labute approximate surface area is 111 Å². The molecule has 0 aliphatic heterocycles. The molecule has 1 aromatic rings. The van der Waals surface area contributed by atoms with Crippen LogP contribution in [0.5, 0.6) is 0 Å². The van der Waals surface area contributed by atoms with Gasteiger partial charge in [0.15, 0.2) is 5.84 Å². The summed E-state index contributed by atoms with van der Waals surface area (Å²) in [6.45, 7) is 1.62. The van der Waals surface area contributed by atoms with Crippen molar-refractivity contribution < 1.29 is 13.6 Å². The van der Waals surface area contributed by atoms with Crippen LogP contribution in [0.2, 0.25) is 0 Å². The molecule has 19 heavy (non-hydrogen) atoms. The normalized spacial score (nSPS) is 19.7. The third-order valence-electron chi connectivity index (χ3n) is 3.46. The number of oxime groups is 1. The van der Waals surface area contributed by atoms with Gasteiger partial charge in [0.2, 0.25) is 10.0 Å². The zero-order valence-electron chi connectivity index (χ0n) is 10.5. The highest BCUT2D eigenvalue weighted by molar-refractivity contribution is 7.89. The summed E-state index contributed by atoms with van der Waals surface area (Å²) in [4.78, 5) is 0.0736. The molecule has 0 spiro atoms. The average molecular weight is 287 g/mol. The number of nitrogens with zero attached hydrogens (tertiary/aromatic N) is 2. The lowest BCUT2D eigenvalue weighted by Gasteiger charge is -2.28. The molecule has 1 aromatic heterocycles. The van der Waals surface area contributed by atoms with Crippen molar-refractivity contribution >= 4 is 15.9 Å². The smallest absolute Gasteiger partial charge is 0.244 e. The van der Waals surface area contributed by atoms with Crippen LogP contribution in [0, 0.1) is 6.92 Å². The number of hydrogen-bond donors (Lipinski definition) is 4. The van der Waals surface area contributed by atoms with Gasteiger partial charge in [0.25, 0.3) is 0 Å². The van der Waals surface area contributed by atoms with Crippen LogP contribution in [0.1, 0.15) is 31.4 Å². The molecule has 0 atom stereocenters. The predicted octanol–water partition coefficient (Wildman–Crippen LogP) is 0.0556. The summed E-state index contributed by atoms with van der Waals surface area (Å²) in [6, 6.07) is 0. The Hall–Kier alpha value is -1.61. The van der Waals surface area contributed by atoms with Crippen molar-refractivity contribution in [3.63, 3.8) is 0 Å². The molecule has 0 unspecified atom stereocenters. The Morgan fingerprint density at radius 3 is 2.68 bits per heavy atom. The van der Waals surface area contributed by atoms with Crippen molar-refractivity contribution in [3.8, 4) is 0 Å². The monoisotopic (exact) mass is 287 g/mol. The minimum atomic E-state index is -3.76. The van der Waals surface area contributed by atoms with E-state index >= 15 is 0 Å². The van der Waals surface area contributed by atoms with Gasteiger partial charge in [-0.3, -0.25) is 5.10 Å². The van der Waals surface area contributed by atoms with E-state index in [1.807, 2.05) is 0 Å². The maximum absolute atomic E-state index is 12.3. The van der Waals surface area contributed by atoms with E-state index < -0.39 is 15.6 Å². The molecule has 1 aliphatic rings. The fourth-order valence-corrected chi connectivity index (χ4v) is 3.98. The number of H-pyrrole nitrogens is 1. The van der Waals surface area contributed by atoms with Crippen molar-refractivity contribution in [2.75, 3.05) is 0 Å². The Morgan fingerprint density at radius 1 is 1.58 bits per heavy atom. The molecule has 1 saturated carbocycles. The lowest BCUT2D eigenvalue weighted by Crippen LogP contribution is -2.55. The molecule has 9 heteroatoms. The van der Waals surface area contributed by atoms with Crippen LogP contribution in [0.4, 0.5) is 0 Å². The number of nitrogens with one attached hydrogen (secondary N) is 2. The molecule has 106 valence electrons. The summed E-state index contributed by atoms with van der Waals surface area (Å²) >= 11 is 0. The standard InChI is InChI=1S/C10H17N5O3S/c1-7-8(6-12-13-7)19(17,18)15-10(9(11)14-16)4-2-3-5-10/h6,15-16H,2-5H2,1H3,(H2,11,14)(H,12,13). The highest BCUT2D eigenvalue weighted by Crippen LogP contribution is 2.31. The van der Waals surface area contributed by atoms with Crippen LogP contribution in [0.15, 0.2) is 16.2 Å². The lowest BCUT2D eigenvalue weighted by molar-refractivity contribution is 0.309. The largest absolute Gasteiger partial charge is 0.409 e. The third kappa shape index (κ3) is 2.43. The van der Waals surface area contributed by atoms with Gasteiger partial charge < -0.3 is 10.9 Å². The minimum absolute atomic E-state index is 0.0736. The molecule has 0 radical (unpaired) electrons. The molecule has 1 fully saturated rings. The fraction of sp³-hybridized carbons (Fsp3) is 0.600. The average Bonchev–Trinajstić information content (AvgIpc) is 2.97. The number of aryl methyl sites for hydroxylation is 1. The summed E-state index contributed by atoms with van der Waals surface area (Å²) in [7, 11) is -3.76. The quantitative estimate of drug-likeness (QED) is 0.269. The second-order valence-electron chi connectivity index (χ2n) is 4.74. The van der Waals surface area contributed by atoms with Crippen LogP contribution in [0.3, 0.4) is 0 Å². The van der Waals surface area contributed by atoms with Gasteiger partial charge in [-0.15, -0.1) is 0 Å². The molecule has 1 heterocycles. The highest BCUT2D eigenvalue weighted by atomic mass is 32.2. The molecule has 0 bridgehead atoms. The maximum Gasteiger partial charge on any atom is 0.244 e. The van der Waals surface area contributed by atoms with E-state index in [-0.39, 0.29) is 10.7 Å². The number of nitrogens with two attached hydrogens (primary N) is 1. The van der Waals surface area contributed by atoms with Gasteiger partial charge in [-0.1, -0.05) is 18.0 Å². The zero-order chi connectivity index (χ0) is 14.1. The Bertz CT molecular complexity index is 586. The van der Waals surface area contributed by atoms with E-state index in [2.05, 4.69) is 20.1 Å². The highest BCUT2D eigenvalue weighted by Gasteiger charge is 2.42. The van der Waals surface area contributed by atoms with E-state index in [1.54, 1.807) is 6.92 Å². The first-order valence-electron chi connectivity index (χ1n) is 5.93. The fourth-order valence-electron chi connectivity index (χ4n) is 2.41. The Morgan fingerprint density at radius 2 is 2.21 bits per heavy atom. The first kappa shape index (κ1) is 13.8. The molecule has 0 amide bonds. The van der Waals surface area contributed by atoms with Gasteiger partial charge >= 0.3 is 0 Å². The third-order valence-corrected chi connectivity index (χ3v) is 5.11. The van der Waals surface area contributed by atoms with Gasteiger partial charge in [-0.05, 0) is 19.8 Å². The van der Waals surface area contributed by atoms with E-state index in [9.17, 15) is 8.42 Å². The molecule has 2 rings (SSSR count). The summed E-state index contributed by atoms with van der Waals surface area (Å²) in [5, 5.41) is 18.1. The van der Waals surface area contributed by atoms with Gasteiger partial charge in [0, 0.05) is 0 Å². The topological polar surface area (TPSA) is 133 Å². The number of aromatic amines is 1. The van der Waals surface area contributed by atoms with Crippen molar-refractivity contribution in [2.24, 2.45) is 10.9 Å². The molecule has 1 aliphatic carbocycles. The van der Waals surface area contributed by atoms with Crippen molar-refractivity contribution in [1.29, 1.82) is 0 Å². The van der Waals surface area contributed by atoms with Crippen molar-refractivity contribution in [1.82, 2.24) is 14.9 Å². The summed E-state index contributed by atoms with van der Waals surface area (Å²) in [5.41, 5.74) is 5.10. The number of aromatic nitrogens is 2. The van der Waals surface area contributed by atoms with E-state index in [0.717, 1.165) is 12.8 Å². The number of rotatable bonds is 4. The van der Waals surface area contributed by atoms with Crippen LogP contribution < -0.4 is 10.5 Å². The van der Waals surface area contributed by atoms with E-state index in [0.29, 0.717) is 18.5 Å². The molecule has 0 saturated heterocycles. The number of hydrogen-bond acceptors (Lipinski definition) is 5. The Balaban J connectivity index is 2.36. The first-order valence-corrected chi connectivity index (χ1v) is 7.41. The second-order valence-corrected chi connectivity index (χ2v) is 6.39. The molecule has 0 aromatic carbocycles. The molecule has 5 N–H and O–H groups in total. The molecular formula is C10H17N5O3S. The molecular weight excluding hydrogens is 270 g/mol. The van der Waals surface area contributed by atoms with Crippen molar-refractivity contribution in [2.45, 2.75) is 43.0 Å². The Kier molecular flexibility index (Phi) is 3.50. The lowest BCUT2D eigenvalue weighted by atomic mass is 9.98. The predicted molar refractivity (Wildman–Crippen MR) is 68.3 cm³/mol. The summed E-state index contributed by atoms with van der Waals surface area (Å²) < 4.78 is 27.2. The van der Waals surface area contributed by atoms with Crippen LogP contribution >= 0.6 is 0 Å². The van der Waals surface area contributed by atoms with Crippen LogP contribution in [-0.2, 0) is 10.0 Å². The SMILES string of the molecule is Cc1[nH]ncc1S(=O)(=O)NC1(/C(N)=N/O)CCCC1. The maximum atomic E-state index is 12.3. The van der Waals surface area contributed by atoms with E-state index in [4.69, 9.17) is 10.9 Å². The minimum Gasteiger partial charge on any atom is -0.409 e. The van der Waals surface area contributed by atoms with Crippen molar-refractivity contribution in [3.05, 3.63) is 11.9 Å². The summed E-state index contributed by atoms with van der Waals surface area (Å²) in [6.07, 6.45) is 3.91. The number of amidine groups is 1.